The lowest BCUT2D eigenvalue weighted by molar-refractivity contribution is 0.146. The van der Waals surface area contributed by atoms with Crippen LogP contribution in [0.3, 0.4) is 0 Å². The smallest absolute Gasteiger partial charge is 0.270 e. The molecule has 4 heterocycles. The molecule has 0 radical (unpaired) electrons. The largest absolute Gasteiger partial charge is 0.491 e. The van der Waals surface area contributed by atoms with Gasteiger partial charge < -0.3 is 24.5 Å². The predicted octanol–water partition coefficient (Wildman–Crippen LogP) is 2.18. The van der Waals surface area contributed by atoms with Gasteiger partial charge in [-0.15, -0.1) is 0 Å². The Bertz CT molecular complexity index is 1410. The second-order valence-electron chi connectivity index (χ2n) is 8.92. The number of aromatic nitrogens is 4. The molecule has 194 valence electrons. The van der Waals surface area contributed by atoms with Crippen LogP contribution in [0.1, 0.15) is 5.76 Å². The van der Waals surface area contributed by atoms with E-state index in [-0.39, 0.29) is 11.5 Å². The lowest BCUT2D eigenvalue weighted by Crippen LogP contribution is -2.47. The molecule has 1 saturated heterocycles. The monoisotopic (exact) mass is 505 g/mol. The van der Waals surface area contributed by atoms with Crippen molar-refractivity contribution in [1.82, 2.24) is 24.4 Å². The summed E-state index contributed by atoms with van der Waals surface area (Å²) in [4.78, 5) is 30.5. The molecule has 11 heteroatoms. The highest BCUT2D eigenvalue weighted by Gasteiger charge is 2.20. The Labute approximate surface area is 214 Å². The number of benzene rings is 1. The molecule has 1 aliphatic heterocycles. The summed E-state index contributed by atoms with van der Waals surface area (Å²) >= 11 is 0. The van der Waals surface area contributed by atoms with E-state index in [1.165, 1.54) is 11.9 Å². The van der Waals surface area contributed by atoms with Gasteiger partial charge in [0, 0.05) is 52.1 Å². The second kappa shape index (κ2) is 11.0. The minimum Gasteiger partial charge on any atom is -0.491 e. The van der Waals surface area contributed by atoms with Crippen molar-refractivity contribution >= 4 is 22.8 Å². The first-order chi connectivity index (χ1) is 18.0. The number of nitrogens with zero attached hydrogens (tertiary/aromatic N) is 6. The van der Waals surface area contributed by atoms with Gasteiger partial charge in [-0.1, -0.05) is 0 Å². The third-order valence-corrected chi connectivity index (χ3v) is 6.45. The van der Waals surface area contributed by atoms with E-state index in [4.69, 9.17) is 19.6 Å². The molecule has 5 rings (SSSR count). The van der Waals surface area contributed by atoms with E-state index in [0.717, 1.165) is 37.7 Å². The number of aryl methyl sites for hydroxylation is 1. The van der Waals surface area contributed by atoms with Crippen molar-refractivity contribution in [1.29, 1.82) is 0 Å². The number of nitrogen functional groups attached to an aromatic ring is 1. The standard InChI is InChI=1S/C26H31N7O4/c1-18-3-8-21(37-18)23-24-25(30-26(27)29-23)33(22(34)17-28-24)14-11-31-9-12-32(13-10-31)19-4-6-20(7-5-19)36-16-15-35-2/h3-8,17H,9-16H2,1-2H3,(H2,27,29,30). The zero-order chi connectivity index (χ0) is 25.8. The zero-order valence-electron chi connectivity index (χ0n) is 21.1. The van der Waals surface area contributed by atoms with Crippen LogP contribution in [0.4, 0.5) is 11.6 Å². The summed E-state index contributed by atoms with van der Waals surface area (Å²) in [6, 6.07) is 11.8. The minimum absolute atomic E-state index is 0.0708. The normalized spacial score (nSPS) is 14.4. The molecule has 1 aromatic carbocycles. The summed E-state index contributed by atoms with van der Waals surface area (Å²) in [6.45, 7) is 7.70. The molecule has 3 aromatic heterocycles. The van der Waals surface area contributed by atoms with Crippen LogP contribution in [0.2, 0.25) is 0 Å². The highest BCUT2D eigenvalue weighted by Crippen LogP contribution is 2.26. The molecule has 2 N–H and O–H groups in total. The molecule has 0 atom stereocenters. The van der Waals surface area contributed by atoms with Gasteiger partial charge in [0.05, 0.1) is 12.8 Å². The number of hydrogen-bond acceptors (Lipinski definition) is 10. The van der Waals surface area contributed by atoms with Crippen molar-refractivity contribution in [2.24, 2.45) is 0 Å². The Balaban J connectivity index is 1.24. The first kappa shape index (κ1) is 24.7. The minimum atomic E-state index is -0.224. The molecule has 0 bridgehead atoms. The van der Waals surface area contributed by atoms with Crippen LogP contribution >= 0.6 is 0 Å². The van der Waals surface area contributed by atoms with Crippen LogP contribution in [0, 0.1) is 6.92 Å². The molecular formula is C26H31N7O4. The Morgan fingerprint density at radius 1 is 1.00 bits per heavy atom. The Morgan fingerprint density at radius 3 is 2.49 bits per heavy atom. The summed E-state index contributed by atoms with van der Waals surface area (Å²) in [6.07, 6.45) is 1.31. The van der Waals surface area contributed by atoms with Crippen molar-refractivity contribution < 1.29 is 13.9 Å². The quantitative estimate of drug-likeness (QED) is 0.338. The number of nitrogens with two attached hydrogens (primary N) is 1. The van der Waals surface area contributed by atoms with Crippen molar-refractivity contribution in [2.75, 3.05) is 63.7 Å². The van der Waals surface area contributed by atoms with Crippen LogP contribution in [-0.4, -0.2) is 77.5 Å². The number of furan rings is 1. The summed E-state index contributed by atoms with van der Waals surface area (Å²) in [5.41, 5.74) is 8.33. The molecule has 1 aliphatic rings. The number of methoxy groups -OCH3 is 1. The van der Waals surface area contributed by atoms with Gasteiger partial charge in [-0.2, -0.15) is 4.98 Å². The summed E-state index contributed by atoms with van der Waals surface area (Å²) in [5.74, 6) is 2.20. The Morgan fingerprint density at radius 2 is 1.78 bits per heavy atom. The van der Waals surface area contributed by atoms with E-state index in [1.807, 2.05) is 31.2 Å². The Hall–Kier alpha value is -3.96. The lowest BCUT2D eigenvalue weighted by atomic mass is 10.2. The second-order valence-corrected chi connectivity index (χ2v) is 8.92. The molecule has 4 aromatic rings. The maximum atomic E-state index is 12.7. The average molecular weight is 506 g/mol. The van der Waals surface area contributed by atoms with E-state index in [9.17, 15) is 4.79 Å². The molecule has 0 amide bonds. The van der Waals surface area contributed by atoms with Crippen LogP contribution in [0.25, 0.3) is 22.6 Å². The third kappa shape index (κ3) is 5.57. The van der Waals surface area contributed by atoms with E-state index < -0.39 is 0 Å². The topological polar surface area (TPSA) is 125 Å². The number of rotatable bonds is 9. The summed E-state index contributed by atoms with van der Waals surface area (Å²) in [5, 5.41) is 0. The maximum absolute atomic E-state index is 12.7. The molecule has 11 nitrogen and oxygen atoms in total. The summed E-state index contributed by atoms with van der Waals surface area (Å²) < 4.78 is 18.0. The molecular weight excluding hydrogens is 474 g/mol. The molecule has 1 fully saturated rings. The van der Waals surface area contributed by atoms with Crippen LogP contribution < -0.4 is 20.9 Å². The van der Waals surface area contributed by atoms with E-state index in [0.29, 0.717) is 48.9 Å². The summed E-state index contributed by atoms with van der Waals surface area (Å²) in [7, 11) is 1.66. The van der Waals surface area contributed by atoms with Crippen LogP contribution in [0.5, 0.6) is 5.75 Å². The van der Waals surface area contributed by atoms with Crippen molar-refractivity contribution in [2.45, 2.75) is 13.5 Å². The van der Waals surface area contributed by atoms with E-state index in [1.54, 1.807) is 11.7 Å². The van der Waals surface area contributed by atoms with Gasteiger partial charge in [-0.3, -0.25) is 14.3 Å². The van der Waals surface area contributed by atoms with Crippen molar-refractivity contribution in [3.63, 3.8) is 0 Å². The fourth-order valence-electron chi connectivity index (χ4n) is 4.48. The van der Waals surface area contributed by atoms with Crippen molar-refractivity contribution in [3.8, 4) is 17.2 Å². The maximum Gasteiger partial charge on any atom is 0.270 e. The number of hydrogen-bond donors (Lipinski definition) is 1. The molecule has 0 spiro atoms. The number of fused-ring (bicyclic) bond motifs is 1. The average Bonchev–Trinajstić information content (AvgIpc) is 3.34. The fourth-order valence-corrected chi connectivity index (χ4v) is 4.48. The first-order valence-electron chi connectivity index (χ1n) is 12.3. The van der Waals surface area contributed by atoms with E-state index >= 15 is 0 Å². The highest BCUT2D eigenvalue weighted by atomic mass is 16.5. The third-order valence-electron chi connectivity index (χ3n) is 6.45. The van der Waals surface area contributed by atoms with E-state index in [2.05, 4.69) is 36.9 Å². The predicted molar refractivity (Wildman–Crippen MR) is 141 cm³/mol. The zero-order valence-corrected chi connectivity index (χ0v) is 21.1. The van der Waals surface area contributed by atoms with Gasteiger partial charge in [-0.05, 0) is 43.3 Å². The van der Waals surface area contributed by atoms with Crippen molar-refractivity contribution in [3.05, 3.63) is 58.7 Å². The molecule has 0 unspecified atom stereocenters. The first-order valence-corrected chi connectivity index (χ1v) is 12.3. The molecule has 0 saturated carbocycles. The van der Waals surface area contributed by atoms with Gasteiger partial charge in [-0.25, -0.2) is 9.97 Å². The van der Waals surface area contributed by atoms with Crippen LogP contribution in [0.15, 0.2) is 51.8 Å². The van der Waals surface area contributed by atoms with Gasteiger partial charge in [0.15, 0.2) is 11.4 Å². The highest BCUT2D eigenvalue weighted by molar-refractivity contribution is 5.86. The molecule has 37 heavy (non-hydrogen) atoms. The lowest BCUT2D eigenvalue weighted by Gasteiger charge is -2.36. The van der Waals surface area contributed by atoms with Gasteiger partial charge >= 0.3 is 0 Å². The SMILES string of the molecule is COCCOc1ccc(N2CCN(CCn3c(=O)cnc4c(-c5ccc(C)o5)nc(N)nc43)CC2)cc1. The Kier molecular flexibility index (Phi) is 7.33. The number of ether oxygens (including phenoxy) is 2. The molecule has 0 aliphatic carbocycles. The number of piperazine rings is 1. The van der Waals surface area contributed by atoms with Gasteiger partial charge in [0.25, 0.3) is 5.56 Å². The van der Waals surface area contributed by atoms with Gasteiger partial charge in [0.2, 0.25) is 5.95 Å². The van der Waals surface area contributed by atoms with Gasteiger partial charge in [0.1, 0.15) is 29.3 Å². The van der Waals surface area contributed by atoms with Crippen LogP contribution in [-0.2, 0) is 11.3 Å². The fraction of sp³-hybridized carbons (Fsp3) is 0.385. The number of anilines is 2.